The zero-order chi connectivity index (χ0) is 14.3. The van der Waals surface area contributed by atoms with Gasteiger partial charge in [-0.25, -0.2) is 4.79 Å². The third kappa shape index (κ3) is 6.75. The van der Waals surface area contributed by atoms with Crippen molar-refractivity contribution in [2.24, 2.45) is 0 Å². The first-order chi connectivity index (χ1) is 8.88. The van der Waals surface area contributed by atoms with E-state index in [1.54, 1.807) is 0 Å². The van der Waals surface area contributed by atoms with Crippen molar-refractivity contribution in [1.82, 2.24) is 20.3 Å². The quantitative estimate of drug-likeness (QED) is 0.702. The number of halogens is 3. The molecule has 6 nitrogen and oxygen atoms in total. The fourth-order valence-electron chi connectivity index (χ4n) is 1.40. The number of carbonyl (C=O) groups is 1. The molecule has 0 amide bonds. The second-order valence-corrected chi connectivity index (χ2v) is 3.99. The largest absolute Gasteiger partial charge is 0.476 e. The molecule has 1 heterocycles. The van der Waals surface area contributed by atoms with Gasteiger partial charge in [-0.3, -0.25) is 4.68 Å². The molecule has 0 bridgehead atoms. The van der Waals surface area contributed by atoms with Crippen molar-refractivity contribution in [3.05, 3.63) is 11.9 Å². The van der Waals surface area contributed by atoms with Crippen LogP contribution in [0.3, 0.4) is 0 Å². The van der Waals surface area contributed by atoms with E-state index >= 15 is 0 Å². The summed E-state index contributed by atoms with van der Waals surface area (Å²) in [5, 5.41) is 18.6. The molecule has 108 valence electrons. The first kappa shape index (κ1) is 15.4. The minimum Gasteiger partial charge on any atom is -0.476 e. The van der Waals surface area contributed by atoms with Crippen LogP contribution in [0.1, 0.15) is 29.8 Å². The summed E-state index contributed by atoms with van der Waals surface area (Å²) in [7, 11) is 0. The van der Waals surface area contributed by atoms with E-state index in [2.05, 4.69) is 15.6 Å². The summed E-state index contributed by atoms with van der Waals surface area (Å²) >= 11 is 0. The van der Waals surface area contributed by atoms with Crippen LogP contribution in [0, 0.1) is 0 Å². The zero-order valence-corrected chi connectivity index (χ0v) is 10.2. The number of rotatable bonds is 8. The van der Waals surface area contributed by atoms with Crippen LogP contribution in [0.5, 0.6) is 0 Å². The van der Waals surface area contributed by atoms with Crippen LogP contribution in [-0.4, -0.2) is 45.3 Å². The summed E-state index contributed by atoms with van der Waals surface area (Å²) in [5.74, 6) is -1.15. The highest BCUT2D eigenvalue weighted by atomic mass is 19.4. The predicted molar refractivity (Wildman–Crippen MR) is 59.8 cm³/mol. The molecule has 0 saturated heterocycles. The Morgan fingerprint density at radius 3 is 2.68 bits per heavy atom. The molecule has 1 aromatic heterocycles. The summed E-state index contributed by atoms with van der Waals surface area (Å²) in [6.45, 7) is 1.39. The van der Waals surface area contributed by atoms with Crippen LogP contribution in [0.25, 0.3) is 0 Å². The van der Waals surface area contributed by atoms with E-state index in [1.807, 2.05) is 0 Å². The highest BCUT2D eigenvalue weighted by Gasteiger charge is 2.25. The highest BCUT2D eigenvalue weighted by molar-refractivity contribution is 5.84. The second kappa shape index (κ2) is 7.07. The smallest absolute Gasteiger partial charge is 0.389 e. The Kier molecular flexibility index (Phi) is 5.74. The van der Waals surface area contributed by atoms with Crippen LogP contribution in [0.15, 0.2) is 6.20 Å². The van der Waals surface area contributed by atoms with E-state index < -0.39 is 18.6 Å². The highest BCUT2D eigenvalue weighted by Crippen LogP contribution is 2.21. The molecular formula is C10H15F3N4O2. The Morgan fingerprint density at radius 1 is 1.37 bits per heavy atom. The summed E-state index contributed by atoms with van der Waals surface area (Å²) in [4.78, 5) is 10.5. The molecular weight excluding hydrogens is 265 g/mol. The lowest BCUT2D eigenvalue weighted by Gasteiger charge is -2.06. The minimum absolute atomic E-state index is 0.100. The lowest BCUT2D eigenvalue weighted by Crippen LogP contribution is -2.21. The molecule has 0 saturated carbocycles. The standard InChI is InChI=1S/C10H15F3N4O2/c11-10(12,13)3-1-2-4-14-5-6-17-7-8(9(18)19)15-16-17/h7,14H,1-6H2,(H,18,19). The van der Waals surface area contributed by atoms with Crippen molar-refractivity contribution in [3.63, 3.8) is 0 Å². The van der Waals surface area contributed by atoms with E-state index in [0.717, 1.165) is 0 Å². The topological polar surface area (TPSA) is 80.0 Å². The number of carboxylic acids is 1. The van der Waals surface area contributed by atoms with Crippen molar-refractivity contribution in [1.29, 1.82) is 0 Å². The van der Waals surface area contributed by atoms with Gasteiger partial charge in [-0.1, -0.05) is 5.21 Å². The van der Waals surface area contributed by atoms with Crippen LogP contribution in [0.4, 0.5) is 13.2 Å². The maximum absolute atomic E-state index is 11.8. The molecule has 2 N–H and O–H groups in total. The Labute approximate surface area is 107 Å². The van der Waals surface area contributed by atoms with Gasteiger partial charge in [-0.2, -0.15) is 13.2 Å². The van der Waals surface area contributed by atoms with Crippen molar-refractivity contribution >= 4 is 5.97 Å². The summed E-state index contributed by atoms with van der Waals surface area (Å²) in [5.41, 5.74) is -0.134. The lowest BCUT2D eigenvalue weighted by molar-refractivity contribution is -0.135. The van der Waals surface area contributed by atoms with Gasteiger partial charge in [0.15, 0.2) is 5.69 Å². The van der Waals surface area contributed by atoms with Crippen molar-refractivity contribution in [2.75, 3.05) is 13.1 Å². The van der Waals surface area contributed by atoms with Crippen LogP contribution in [0.2, 0.25) is 0 Å². The first-order valence-electron chi connectivity index (χ1n) is 5.79. The third-order valence-corrected chi connectivity index (χ3v) is 2.34. The Morgan fingerprint density at radius 2 is 2.11 bits per heavy atom. The number of nitrogens with zero attached hydrogens (tertiary/aromatic N) is 3. The monoisotopic (exact) mass is 280 g/mol. The molecule has 1 rings (SSSR count). The molecule has 9 heteroatoms. The molecule has 1 aromatic rings. The van der Waals surface area contributed by atoms with Gasteiger partial charge >= 0.3 is 12.1 Å². The van der Waals surface area contributed by atoms with Crippen LogP contribution in [-0.2, 0) is 6.54 Å². The Bertz CT molecular complexity index is 406. The molecule has 0 spiro atoms. The molecule has 0 aromatic carbocycles. The van der Waals surface area contributed by atoms with Gasteiger partial charge in [-0.15, -0.1) is 5.10 Å². The molecule has 0 radical (unpaired) electrons. The van der Waals surface area contributed by atoms with Gasteiger partial charge < -0.3 is 10.4 Å². The van der Waals surface area contributed by atoms with Gasteiger partial charge in [0.05, 0.1) is 12.7 Å². The molecule has 0 unspecified atom stereocenters. The van der Waals surface area contributed by atoms with Crippen LogP contribution >= 0.6 is 0 Å². The van der Waals surface area contributed by atoms with Gasteiger partial charge in [0, 0.05) is 13.0 Å². The minimum atomic E-state index is -4.09. The average molecular weight is 280 g/mol. The second-order valence-electron chi connectivity index (χ2n) is 3.99. The SMILES string of the molecule is O=C(O)c1cn(CCNCCCCC(F)(F)F)nn1. The molecule has 0 atom stereocenters. The van der Waals surface area contributed by atoms with Crippen molar-refractivity contribution < 1.29 is 23.1 Å². The maximum Gasteiger partial charge on any atom is 0.389 e. The number of carboxylic acid groups (broad SMARTS) is 1. The molecule has 0 aliphatic heterocycles. The number of hydrogen-bond acceptors (Lipinski definition) is 4. The number of aromatic carboxylic acids is 1. The summed E-state index contributed by atoms with van der Waals surface area (Å²) < 4.78 is 36.9. The molecule has 0 aliphatic carbocycles. The molecule has 0 fully saturated rings. The Balaban J connectivity index is 2.06. The number of hydrogen-bond donors (Lipinski definition) is 2. The van der Waals surface area contributed by atoms with E-state index in [9.17, 15) is 18.0 Å². The van der Waals surface area contributed by atoms with Crippen molar-refractivity contribution in [3.8, 4) is 0 Å². The predicted octanol–water partition coefficient (Wildman–Crippen LogP) is 1.30. The fourth-order valence-corrected chi connectivity index (χ4v) is 1.40. The fraction of sp³-hybridized carbons (Fsp3) is 0.700. The number of aromatic nitrogens is 3. The number of unbranched alkanes of at least 4 members (excludes halogenated alkanes) is 1. The van der Waals surface area contributed by atoms with Gasteiger partial charge in [0.25, 0.3) is 0 Å². The van der Waals surface area contributed by atoms with E-state index in [4.69, 9.17) is 5.11 Å². The number of alkyl halides is 3. The van der Waals surface area contributed by atoms with Crippen molar-refractivity contribution in [2.45, 2.75) is 32.0 Å². The lowest BCUT2D eigenvalue weighted by atomic mass is 10.2. The van der Waals surface area contributed by atoms with Gasteiger partial charge in [-0.05, 0) is 19.4 Å². The zero-order valence-electron chi connectivity index (χ0n) is 10.2. The summed E-state index contributed by atoms with van der Waals surface area (Å²) in [6.07, 6.45) is -3.01. The van der Waals surface area contributed by atoms with E-state index in [1.165, 1.54) is 10.9 Å². The molecule has 0 aliphatic rings. The van der Waals surface area contributed by atoms with Gasteiger partial charge in [0.2, 0.25) is 0 Å². The van der Waals surface area contributed by atoms with E-state index in [-0.39, 0.29) is 12.1 Å². The van der Waals surface area contributed by atoms with Crippen LogP contribution < -0.4 is 5.32 Å². The Hall–Kier alpha value is -1.64. The average Bonchev–Trinajstić information content (AvgIpc) is 2.75. The summed E-state index contributed by atoms with van der Waals surface area (Å²) in [6, 6.07) is 0. The first-order valence-corrected chi connectivity index (χ1v) is 5.79. The maximum atomic E-state index is 11.8. The van der Waals surface area contributed by atoms with Gasteiger partial charge in [0.1, 0.15) is 0 Å². The number of nitrogens with one attached hydrogen (secondary N) is 1. The normalized spacial score (nSPS) is 11.7. The molecule has 19 heavy (non-hydrogen) atoms. The van der Waals surface area contributed by atoms with E-state index in [0.29, 0.717) is 26.1 Å². The third-order valence-electron chi connectivity index (χ3n) is 2.34.